The number of hydrogen-bond acceptors (Lipinski definition) is 4. The van der Waals surface area contributed by atoms with Gasteiger partial charge in [0.1, 0.15) is 11.5 Å². The first-order valence-electron chi connectivity index (χ1n) is 7.26. The fourth-order valence-corrected chi connectivity index (χ4v) is 2.20. The fourth-order valence-electron chi connectivity index (χ4n) is 2.20. The van der Waals surface area contributed by atoms with E-state index in [0.717, 1.165) is 22.9 Å². The Kier molecular flexibility index (Phi) is 5.09. The van der Waals surface area contributed by atoms with Gasteiger partial charge in [0.2, 0.25) is 0 Å². The van der Waals surface area contributed by atoms with Crippen molar-refractivity contribution in [3.63, 3.8) is 0 Å². The van der Waals surface area contributed by atoms with Crippen LogP contribution in [0.15, 0.2) is 24.4 Å². The van der Waals surface area contributed by atoms with Crippen LogP contribution in [0.3, 0.4) is 0 Å². The lowest BCUT2D eigenvalue weighted by molar-refractivity contribution is 0.332. The summed E-state index contributed by atoms with van der Waals surface area (Å²) in [5, 5.41) is 7.76. The molecule has 21 heavy (non-hydrogen) atoms. The SMILES string of the molecule is CCOc1ccc(OCC)c(NCc2cn(C)nc2C)c1. The highest BCUT2D eigenvalue weighted by atomic mass is 16.5. The monoisotopic (exact) mass is 289 g/mol. The van der Waals surface area contributed by atoms with Crippen molar-refractivity contribution in [1.29, 1.82) is 0 Å². The van der Waals surface area contributed by atoms with E-state index in [1.54, 1.807) is 0 Å². The van der Waals surface area contributed by atoms with Crippen molar-refractivity contribution in [2.75, 3.05) is 18.5 Å². The minimum absolute atomic E-state index is 0.634. The van der Waals surface area contributed by atoms with Gasteiger partial charge in [0.05, 0.1) is 24.6 Å². The van der Waals surface area contributed by atoms with Crippen molar-refractivity contribution < 1.29 is 9.47 Å². The van der Waals surface area contributed by atoms with Crippen LogP contribution in [0.4, 0.5) is 5.69 Å². The molecule has 0 bridgehead atoms. The number of aryl methyl sites for hydroxylation is 2. The molecule has 5 heteroatoms. The van der Waals surface area contributed by atoms with Crippen LogP contribution in [0, 0.1) is 6.92 Å². The van der Waals surface area contributed by atoms with Crippen molar-refractivity contribution in [1.82, 2.24) is 9.78 Å². The molecule has 0 unspecified atom stereocenters. The molecule has 1 aromatic heterocycles. The minimum atomic E-state index is 0.634. The topological polar surface area (TPSA) is 48.3 Å². The van der Waals surface area contributed by atoms with Gasteiger partial charge in [0.25, 0.3) is 0 Å². The second-order valence-corrected chi connectivity index (χ2v) is 4.79. The molecule has 114 valence electrons. The number of anilines is 1. The van der Waals surface area contributed by atoms with Crippen molar-refractivity contribution in [3.8, 4) is 11.5 Å². The predicted molar refractivity (Wildman–Crippen MR) is 84.1 cm³/mol. The molecule has 0 fully saturated rings. The van der Waals surface area contributed by atoms with Crippen LogP contribution in [0.1, 0.15) is 25.1 Å². The fraction of sp³-hybridized carbons (Fsp3) is 0.438. The maximum absolute atomic E-state index is 5.66. The zero-order chi connectivity index (χ0) is 15.2. The van der Waals surface area contributed by atoms with Gasteiger partial charge in [-0.05, 0) is 32.9 Å². The van der Waals surface area contributed by atoms with E-state index < -0.39 is 0 Å². The summed E-state index contributed by atoms with van der Waals surface area (Å²) in [6.07, 6.45) is 2.02. The Morgan fingerprint density at radius 1 is 1.19 bits per heavy atom. The number of ether oxygens (including phenoxy) is 2. The highest BCUT2D eigenvalue weighted by Crippen LogP contribution is 2.30. The van der Waals surface area contributed by atoms with Gasteiger partial charge in [0, 0.05) is 31.4 Å². The summed E-state index contributed by atoms with van der Waals surface area (Å²) in [7, 11) is 1.93. The summed E-state index contributed by atoms with van der Waals surface area (Å²) in [4.78, 5) is 0. The number of aromatic nitrogens is 2. The summed E-state index contributed by atoms with van der Waals surface area (Å²) in [5.74, 6) is 1.67. The molecular weight excluding hydrogens is 266 g/mol. The quantitative estimate of drug-likeness (QED) is 0.850. The van der Waals surface area contributed by atoms with Crippen LogP contribution in [0.2, 0.25) is 0 Å². The molecule has 0 saturated heterocycles. The van der Waals surface area contributed by atoms with E-state index >= 15 is 0 Å². The summed E-state index contributed by atoms with van der Waals surface area (Å²) < 4.78 is 13.0. The molecule has 1 N–H and O–H groups in total. The molecule has 0 aliphatic carbocycles. The average Bonchev–Trinajstić information content (AvgIpc) is 2.77. The summed E-state index contributed by atoms with van der Waals surface area (Å²) in [6.45, 7) is 7.95. The molecule has 0 spiro atoms. The normalized spacial score (nSPS) is 10.5. The number of nitrogens with zero attached hydrogens (tertiary/aromatic N) is 2. The third-order valence-electron chi connectivity index (χ3n) is 3.15. The smallest absolute Gasteiger partial charge is 0.142 e. The van der Waals surface area contributed by atoms with Gasteiger partial charge < -0.3 is 14.8 Å². The van der Waals surface area contributed by atoms with Gasteiger partial charge in [-0.15, -0.1) is 0 Å². The number of benzene rings is 1. The van der Waals surface area contributed by atoms with E-state index in [1.807, 2.05) is 56.9 Å². The zero-order valence-electron chi connectivity index (χ0n) is 13.1. The predicted octanol–water partition coefficient (Wildman–Crippen LogP) is 3.14. The molecule has 0 atom stereocenters. The van der Waals surface area contributed by atoms with Crippen molar-refractivity contribution in [2.24, 2.45) is 7.05 Å². The molecule has 1 heterocycles. The van der Waals surface area contributed by atoms with Crippen LogP contribution < -0.4 is 14.8 Å². The van der Waals surface area contributed by atoms with Crippen LogP contribution in [-0.2, 0) is 13.6 Å². The van der Waals surface area contributed by atoms with Gasteiger partial charge in [0.15, 0.2) is 0 Å². The standard InChI is InChI=1S/C16H23N3O2/c1-5-20-14-7-8-16(21-6-2)15(9-14)17-10-13-11-19(4)18-12(13)3/h7-9,11,17H,5-6,10H2,1-4H3. The van der Waals surface area contributed by atoms with Crippen LogP contribution in [-0.4, -0.2) is 23.0 Å². The van der Waals surface area contributed by atoms with Crippen molar-refractivity contribution in [2.45, 2.75) is 27.3 Å². The van der Waals surface area contributed by atoms with Gasteiger partial charge in [-0.2, -0.15) is 5.10 Å². The largest absolute Gasteiger partial charge is 0.494 e. The lowest BCUT2D eigenvalue weighted by Crippen LogP contribution is -2.04. The number of rotatable bonds is 7. The molecule has 2 aromatic rings. The van der Waals surface area contributed by atoms with E-state index in [0.29, 0.717) is 19.8 Å². The lowest BCUT2D eigenvalue weighted by Gasteiger charge is -2.14. The molecule has 0 aliphatic rings. The van der Waals surface area contributed by atoms with Gasteiger partial charge in [-0.3, -0.25) is 4.68 Å². The van der Waals surface area contributed by atoms with Gasteiger partial charge >= 0.3 is 0 Å². The van der Waals surface area contributed by atoms with Gasteiger partial charge in [-0.25, -0.2) is 0 Å². The Balaban J connectivity index is 2.15. The van der Waals surface area contributed by atoms with E-state index in [1.165, 1.54) is 5.56 Å². The molecule has 0 amide bonds. The third kappa shape index (κ3) is 3.90. The first kappa shape index (κ1) is 15.2. The van der Waals surface area contributed by atoms with Crippen molar-refractivity contribution >= 4 is 5.69 Å². The first-order valence-corrected chi connectivity index (χ1v) is 7.26. The summed E-state index contributed by atoms with van der Waals surface area (Å²) >= 11 is 0. The second kappa shape index (κ2) is 7.02. The van der Waals surface area contributed by atoms with Crippen LogP contribution >= 0.6 is 0 Å². The average molecular weight is 289 g/mol. The first-order chi connectivity index (χ1) is 10.1. The molecule has 0 radical (unpaired) electrons. The molecular formula is C16H23N3O2. The van der Waals surface area contributed by atoms with E-state index in [9.17, 15) is 0 Å². The Hall–Kier alpha value is -2.17. The van der Waals surface area contributed by atoms with E-state index in [4.69, 9.17) is 9.47 Å². The second-order valence-electron chi connectivity index (χ2n) is 4.79. The van der Waals surface area contributed by atoms with Gasteiger partial charge in [-0.1, -0.05) is 0 Å². The van der Waals surface area contributed by atoms with E-state index in [2.05, 4.69) is 10.4 Å². The number of hydrogen-bond donors (Lipinski definition) is 1. The number of nitrogens with one attached hydrogen (secondary N) is 1. The Morgan fingerprint density at radius 2 is 1.95 bits per heavy atom. The minimum Gasteiger partial charge on any atom is -0.494 e. The molecule has 2 rings (SSSR count). The maximum Gasteiger partial charge on any atom is 0.142 e. The summed E-state index contributed by atoms with van der Waals surface area (Å²) in [5.41, 5.74) is 3.14. The molecule has 5 nitrogen and oxygen atoms in total. The van der Waals surface area contributed by atoms with Crippen molar-refractivity contribution in [3.05, 3.63) is 35.7 Å². The Bertz CT molecular complexity index is 593. The molecule has 0 saturated carbocycles. The zero-order valence-corrected chi connectivity index (χ0v) is 13.1. The molecule has 0 aliphatic heterocycles. The molecule has 1 aromatic carbocycles. The van der Waals surface area contributed by atoms with E-state index in [-0.39, 0.29) is 0 Å². The summed E-state index contributed by atoms with van der Waals surface area (Å²) in [6, 6.07) is 5.84. The highest BCUT2D eigenvalue weighted by molar-refractivity contribution is 5.60. The maximum atomic E-state index is 5.66. The van der Waals surface area contributed by atoms with Crippen LogP contribution in [0.25, 0.3) is 0 Å². The third-order valence-corrected chi connectivity index (χ3v) is 3.15. The van der Waals surface area contributed by atoms with Crippen LogP contribution in [0.5, 0.6) is 11.5 Å². The Labute approximate surface area is 125 Å². The Morgan fingerprint density at radius 3 is 2.57 bits per heavy atom. The lowest BCUT2D eigenvalue weighted by atomic mass is 10.2. The highest BCUT2D eigenvalue weighted by Gasteiger charge is 2.08.